The minimum Gasteiger partial charge on any atom is -0.356 e. The van der Waals surface area contributed by atoms with Crippen molar-refractivity contribution in [2.45, 2.75) is 83.1 Å². The Hall–Kier alpha value is -2.84. The molecule has 2 saturated heterocycles. The maximum atomic E-state index is 13.6. The van der Waals surface area contributed by atoms with Gasteiger partial charge in [0.05, 0.1) is 6.07 Å². The minimum atomic E-state index is -5.13. The normalized spacial score (nSPS) is 30.2. The molecule has 4 rings (SSSR count). The van der Waals surface area contributed by atoms with Crippen LogP contribution in [-0.4, -0.2) is 65.9 Å². The van der Waals surface area contributed by atoms with Crippen LogP contribution in [0.5, 0.6) is 0 Å². The van der Waals surface area contributed by atoms with Crippen molar-refractivity contribution in [3.8, 4) is 6.07 Å². The number of rotatable bonds is 8. The van der Waals surface area contributed by atoms with E-state index in [1.54, 1.807) is 0 Å². The molecule has 9 nitrogen and oxygen atoms in total. The summed E-state index contributed by atoms with van der Waals surface area (Å²) in [6.45, 7) is 4.64. The van der Waals surface area contributed by atoms with Crippen LogP contribution in [0, 0.1) is 40.4 Å². The van der Waals surface area contributed by atoms with Gasteiger partial charge in [-0.3, -0.25) is 19.2 Å². The average molecular weight is 526 g/mol. The maximum absolute atomic E-state index is 13.6. The summed E-state index contributed by atoms with van der Waals surface area (Å²) >= 11 is 0. The van der Waals surface area contributed by atoms with E-state index in [0.29, 0.717) is 13.0 Å². The first kappa shape index (κ1) is 27.2. The van der Waals surface area contributed by atoms with Gasteiger partial charge < -0.3 is 20.9 Å². The second kappa shape index (κ2) is 10.1. The van der Waals surface area contributed by atoms with Crippen molar-refractivity contribution in [2.24, 2.45) is 29.1 Å². The van der Waals surface area contributed by atoms with Crippen LogP contribution in [0.15, 0.2) is 0 Å². The fraction of sp³-hybridized carbons (Fsp3) is 0.800. The molecule has 12 heteroatoms. The molecule has 6 atom stereocenters. The first-order valence-corrected chi connectivity index (χ1v) is 13.0. The first-order chi connectivity index (χ1) is 17.3. The lowest BCUT2D eigenvalue weighted by Gasteiger charge is -2.34. The maximum Gasteiger partial charge on any atom is 0.471 e. The number of nitrogens with one attached hydrogen (secondary N) is 3. The van der Waals surface area contributed by atoms with Gasteiger partial charge in [-0.2, -0.15) is 18.4 Å². The topological polar surface area (TPSA) is 131 Å². The quantitative estimate of drug-likeness (QED) is 0.443. The Morgan fingerprint density at radius 3 is 2.41 bits per heavy atom. The van der Waals surface area contributed by atoms with Gasteiger partial charge in [0.25, 0.3) is 0 Å². The molecule has 0 aromatic rings. The van der Waals surface area contributed by atoms with Crippen molar-refractivity contribution >= 4 is 23.6 Å². The van der Waals surface area contributed by atoms with E-state index < -0.39 is 47.9 Å². The van der Waals surface area contributed by atoms with Gasteiger partial charge in [-0.15, -0.1) is 0 Å². The van der Waals surface area contributed by atoms with E-state index in [-0.39, 0.29) is 48.5 Å². The summed E-state index contributed by atoms with van der Waals surface area (Å²) in [6, 6.07) is -1.28. The van der Waals surface area contributed by atoms with Gasteiger partial charge in [-0.1, -0.05) is 39.5 Å². The average Bonchev–Trinajstić information content (AvgIpc) is 3.38. The Morgan fingerprint density at radius 2 is 1.84 bits per heavy atom. The summed E-state index contributed by atoms with van der Waals surface area (Å²) < 4.78 is 39.2. The lowest BCUT2D eigenvalue weighted by atomic mass is 9.95. The first-order valence-electron chi connectivity index (χ1n) is 13.0. The number of nitriles is 1. The number of carbonyl (C=O) groups excluding carboxylic acids is 4. The lowest BCUT2D eigenvalue weighted by Crippen LogP contribution is -2.58. The number of alkyl halides is 3. The van der Waals surface area contributed by atoms with E-state index in [1.807, 2.05) is 25.2 Å². The van der Waals surface area contributed by atoms with Crippen LogP contribution in [-0.2, 0) is 19.2 Å². The highest BCUT2D eigenvalue weighted by atomic mass is 19.4. The van der Waals surface area contributed by atoms with Crippen molar-refractivity contribution in [3.05, 3.63) is 0 Å². The molecule has 2 heterocycles. The number of halogens is 3. The highest BCUT2D eigenvalue weighted by Crippen LogP contribution is 2.65. The minimum absolute atomic E-state index is 0.0150. The Morgan fingerprint density at radius 1 is 1.16 bits per heavy atom. The lowest BCUT2D eigenvalue weighted by molar-refractivity contribution is -0.175. The van der Waals surface area contributed by atoms with Crippen molar-refractivity contribution in [1.82, 2.24) is 20.9 Å². The molecule has 2 aliphatic carbocycles. The smallest absolute Gasteiger partial charge is 0.356 e. The molecule has 0 spiro atoms. The Balaban J connectivity index is 1.51. The molecule has 204 valence electrons. The molecular weight excluding hydrogens is 491 g/mol. The number of nitrogens with zero attached hydrogens (tertiary/aromatic N) is 2. The van der Waals surface area contributed by atoms with Gasteiger partial charge in [0.2, 0.25) is 17.7 Å². The monoisotopic (exact) mass is 525 g/mol. The standard InChI is InChI=1S/C25H34F3N5O4/c1-24(2)16-12-33(22(36)17(9-13-5-3-4-6-13)32-23(37)25(26,27)28)19(18(16)24)21(35)31-15(11-29)10-14-7-8-30-20(14)34/h13-19H,3-10,12H2,1-2H3,(H,30,34)(H,31,35)(H,32,37)/t14-,15-,16-,17-,18-,19-/m0/s1. The van der Waals surface area contributed by atoms with Gasteiger partial charge in [0.1, 0.15) is 18.1 Å². The second-order valence-corrected chi connectivity index (χ2v) is 11.5. The van der Waals surface area contributed by atoms with Crippen LogP contribution in [0.1, 0.15) is 58.8 Å². The zero-order chi connectivity index (χ0) is 27.1. The predicted octanol–water partition coefficient (Wildman–Crippen LogP) is 1.63. The van der Waals surface area contributed by atoms with E-state index in [1.165, 1.54) is 4.90 Å². The van der Waals surface area contributed by atoms with Crippen LogP contribution < -0.4 is 16.0 Å². The van der Waals surface area contributed by atoms with Crippen molar-refractivity contribution in [3.63, 3.8) is 0 Å². The molecule has 4 fully saturated rings. The number of hydrogen-bond acceptors (Lipinski definition) is 5. The fourth-order valence-corrected chi connectivity index (χ4v) is 6.61. The van der Waals surface area contributed by atoms with Crippen molar-refractivity contribution in [1.29, 1.82) is 5.26 Å². The number of likely N-dealkylation sites (tertiary alicyclic amines) is 1. The number of amides is 4. The van der Waals surface area contributed by atoms with E-state index >= 15 is 0 Å². The third-order valence-corrected chi connectivity index (χ3v) is 8.82. The molecule has 3 N–H and O–H groups in total. The van der Waals surface area contributed by atoms with Crippen molar-refractivity contribution in [2.75, 3.05) is 13.1 Å². The van der Waals surface area contributed by atoms with Crippen LogP contribution in [0.25, 0.3) is 0 Å². The molecule has 0 radical (unpaired) electrons. The molecule has 37 heavy (non-hydrogen) atoms. The number of piperidine rings is 1. The highest BCUT2D eigenvalue weighted by Gasteiger charge is 2.69. The van der Waals surface area contributed by atoms with Crippen LogP contribution in [0.4, 0.5) is 13.2 Å². The van der Waals surface area contributed by atoms with Crippen LogP contribution in [0.3, 0.4) is 0 Å². The van der Waals surface area contributed by atoms with Gasteiger partial charge >= 0.3 is 12.1 Å². The van der Waals surface area contributed by atoms with Crippen LogP contribution in [0.2, 0.25) is 0 Å². The Bertz CT molecular complexity index is 988. The van der Waals surface area contributed by atoms with E-state index in [0.717, 1.165) is 25.7 Å². The molecular formula is C25H34F3N5O4. The summed E-state index contributed by atoms with van der Waals surface area (Å²) in [4.78, 5) is 52.0. The van der Waals surface area contributed by atoms with Crippen molar-refractivity contribution < 1.29 is 32.3 Å². The predicted molar refractivity (Wildman–Crippen MR) is 124 cm³/mol. The Kier molecular flexibility index (Phi) is 7.45. The van der Waals surface area contributed by atoms with Gasteiger partial charge in [-0.25, -0.2) is 0 Å². The molecule has 2 saturated carbocycles. The molecule has 4 aliphatic rings. The summed E-state index contributed by atoms with van der Waals surface area (Å²) in [7, 11) is 0. The van der Waals surface area contributed by atoms with Gasteiger partial charge in [0, 0.05) is 19.0 Å². The third-order valence-electron chi connectivity index (χ3n) is 8.82. The summed E-state index contributed by atoms with van der Waals surface area (Å²) in [5, 5.41) is 16.9. The molecule has 2 aliphatic heterocycles. The number of fused-ring (bicyclic) bond motifs is 1. The SMILES string of the molecule is CC1(C)[C@@H]2[C@@H](C(=O)N[C@H](C#N)C[C@@H]3CCNC3=O)N(C(=O)[C@H](CC3CCCC3)NC(=O)C(F)(F)F)C[C@@H]21. The summed E-state index contributed by atoms with van der Waals surface area (Å²) in [6.07, 6.45) is -0.979. The number of carbonyl (C=O) groups is 4. The molecule has 4 amide bonds. The van der Waals surface area contributed by atoms with E-state index in [9.17, 15) is 37.6 Å². The molecule has 0 aromatic heterocycles. The Labute approximate surface area is 213 Å². The largest absolute Gasteiger partial charge is 0.471 e. The van der Waals surface area contributed by atoms with Crippen LogP contribution >= 0.6 is 0 Å². The van der Waals surface area contributed by atoms with E-state index in [4.69, 9.17) is 0 Å². The fourth-order valence-electron chi connectivity index (χ4n) is 6.61. The zero-order valence-corrected chi connectivity index (χ0v) is 21.1. The molecule has 0 bridgehead atoms. The van der Waals surface area contributed by atoms with E-state index in [2.05, 4.69) is 10.6 Å². The third kappa shape index (κ3) is 5.55. The molecule has 0 unspecified atom stereocenters. The van der Waals surface area contributed by atoms with Gasteiger partial charge in [0.15, 0.2) is 0 Å². The summed E-state index contributed by atoms with van der Waals surface area (Å²) in [5.41, 5.74) is -0.248. The number of hydrogen-bond donors (Lipinski definition) is 3. The zero-order valence-electron chi connectivity index (χ0n) is 21.1. The highest BCUT2D eigenvalue weighted by molar-refractivity contribution is 5.94. The second-order valence-electron chi connectivity index (χ2n) is 11.5. The summed E-state index contributed by atoms with van der Waals surface area (Å²) in [5.74, 6) is -4.21. The van der Waals surface area contributed by atoms with Gasteiger partial charge in [-0.05, 0) is 42.4 Å². The molecule has 0 aromatic carbocycles.